The Kier molecular flexibility index (Phi) is 9.05. The van der Waals surface area contributed by atoms with E-state index in [4.69, 9.17) is 4.74 Å². The fourth-order valence-electron chi connectivity index (χ4n) is 7.82. The number of phenolic OH excluding ortho intramolecular Hbond substituents is 1. The highest BCUT2D eigenvalue weighted by atomic mass is 19.1. The van der Waals surface area contributed by atoms with Crippen LogP contribution >= 0.6 is 0 Å². The molecule has 8 rings (SSSR count). The lowest BCUT2D eigenvalue weighted by atomic mass is 9.91. The Hall–Kier alpha value is -5.04. The molecule has 264 valence electrons. The Balaban J connectivity index is 1.08. The summed E-state index contributed by atoms with van der Waals surface area (Å²) in [6.07, 6.45) is 12.5. The van der Waals surface area contributed by atoms with Gasteiger partial charge < -0.3 is 25.4 Å². The Morgan fingerprint density at radius 2 is 1.88 bits per heavy atom. The number of nitrogens with zero attached hydrogens (tertiary/aromatic N) is 5. The van der Waals surface area contributed by atoms with Crippen LogP contribution in [0.15, 0.2) is 100 Å². The van der Waals surface area contributed by atoms with E-state index in [1.807, 2.05) is 24.3 Å². The molecule has 0 amide bonds. The van der Waals surface area contributed by atoms with Crippen molar-refractivity contribution < 1.29 is 14.2 Å². The van der Waals surface area contributed by atoms with E-state index in [9.17, 15) is 19.1 Å². The number of hydrogen-bond acceptors (Lipinski definition) is 9. The Labute approximate surface area is 295 Å². The fourth-order valence-corrected chi connectivity index (χ4v) is 7.82. The number of halogens is 1. The molecule has 2 fully saturated rings. The van der Waals surface area contributed by atoms with Gasteiger partial charge in [0, 0.05) is 55.9 Å². The highest BCUT2D eigenvalue weighted by Gasteiger charge is 2.29. The number of benzene rings is 2. The molecule has 3 aliphatic heterocycles. The van der Waals surface area contributed by atoms with E-state index < -0.39 is 17.1 Å². The van der Waals surface area contributed by atoms with Gasteiger partial charge in [0.2, 0.25) is 0 Å². The smallest absolute Gasteiger partial charge is 0.337 e. The standard InChI is InChI=1S/C39H42FN7O4/c1-25-4-2-7-36-43-30(24-45(25)36)22-41-29-8-10-31(11-9-29)47-38(49)35-20-28(40)21-42-37(35)46(39(47)50)32-6-3-5-26(18-32)34-13-12-33(48)19-27(34)23-44-14-16-51-17-15-44/h2-7,12-13,18-21,24,29,31,36,41,43,48H,8-11,14-17,22-23H2,1H3/t29-,31+,36?. The summed E-state index contributed by atoms with van der Waals surface area (Å²) < 4.78 is 22.9. The van der Waals surface area contributed by atoms with Gasteiger partial charge in [-0.2, -0.15) is 0 Å². The first-order chi connectivity index (χ1) is 24.8. The molecule has 1 unspecified atom stereocenters. The van der Waals surface area contributed by atoms with Gasteiger partial charge >= 0.3 is 5.69 Å². The zero-order valence-electron chi connectivity index (χ0n) is 28.6. The number of rotatable bonds is 8. The molecule has 4 aromatic rings. The molecule has 1 saturated carbocycles. The molecule has 12 heteroatoms. The molecular formula is C39H42FN7O4. The summed E-state index contributed by atoms with van der Waals surface area (Å²) in [7, 11) is 0. The van der Waals surface area contributed by atoms with Gasteiger partial charge in [0.25, 0.3) is 5.56 Å². The third kappa shape index (κ3) is 6.62. The molecule has 2 aromatic carbocycles. The largest absolute Gasteiger partial charge is 0.508 e. The Bertz CT molecular complexity index is 2180. The van der Waals surface area contributed by atoms with Crippen LogP contribution in [0.2, 0.25) is 0 Å². The Morgan fingerprint density at radius 3 is 2.69 bits per heavy atom. The molecule has 11 nitrogen and oxygen atoms in total. The first kappa shape index (κ1) is 33.1. The molecule has 3 N–H and O–H groups in total. The monoisotopic (exact) mass is 691 g/mol. The van der Waals surface area contributed by atoms with E-state index in [1.54, 1.807) is 18.2 Å². The molecule has 2 aromatic heterocycles. The average Bonchev–Trinajstić information content (AvgIpc) is 3.57. The van der Waals surface area contributed by atoms with Crippen molar-refractivity contribution in [1.82, 2.24) is 34.6 Å². The molecule has 5 heterocycles. The van der Waals surface area contributed by atoms with Crippen molar-refractivity contribution in [3.05, 3.63) is 123 Å². The van der Waals surface area contributed by atoms with Crippen LogP contribution in [-0.2, 0) is 11.3 Å². The summed E-state index contributed by atoms with van der Waals surface area (Å²) in [5.74, 6) is -0.460. The number of nitrogens with one attached hydrogen (secondary N) is 2. The van der Waals surface area contributed by atoms with Crippen LogP contribution in [0.25, 0.3) is 27.8 Å². The van der Waals surface area contributed by atoms with E-state index >= 15 is 0 Å². The highest BCUT2D eigenvalue weighted by Crippen LogP contribution is 2.31. The number of ether oxygens (including phenoxy) is 1. The number of hydrogen-bond donors (Lipinski definition) is 3. The van der Waals surface area contributed by atoms with E-state index in [1.165, 1.54) is 20.9 Å². The van der Waals surface area contributed by atoms with Gasteiger partial charge in [-0.3, -0.25) is 14.3 Å². The highest BCUT2D eigenvalue weighted by molar-refractivity contribution is 5.77. The number of phenols is 1. The number of morpholine rings is 1. The fraction of sp³-hybridized carbons (Fsp3) is 0.359. The van der Waals surface area contributed by atoms with Crippen LogP contribution in [0, 0.1) is 5.82 Å². The zero-order valence-corrected chi connectivity index (χ0v) is 28.6. The number of fused-ring (bicyclic) bond motifs is 2. The normalized spacial score (nSPS) is 22.1. The van der Waals surface area contributed by atoms with Crippen LogP contribution in [-0.4, -0.2) is 74.1 Å². The summed E-state index contributed by atoms with van der Waals surface area (Å²) in [4.78, 5) is 37.1. The number of aromatic hydroxyl groups is 1. The minimum Gasteiger partial charge on any atom is -0.508 e. The van der Waals surface area contributed by atoms with Crippen molar-refractivity contribution in [2.45, 2.75) is 57.4 Å². The third-order valence-corrected chi connectivity index (χ3v) is 10.5. The van der Waals surface area contributed by atoms with Crippen LogP contribution in [0.1, 0.15) is 44.2 Å². The number of pyridine rings is 1. The van der Waals surface area contributed by atoms with E-state index in [0.29, 0.717) is 44.8 Å². The predicted octanol–water partition coefficient (Wildman–Crippen LogP) is 4.51. The maximum Gasteiger partial charge on any atom is 0.337 e. The summed E-state index contributed by atoms with van der Waals surface area (Å²) in [6, 6.07) is 13.9. The zero-order chi connectivity index (χ0) is 35.1. The summed E-state index contributed by atoms with van der Waals surface area (Å²) in [5, 5.41) is 17.6. The Morgan fingerprint density at radius 1 is 1.06 bits per heavy atom. The van der Waals surface area contributed by atoms with Gasteiger partial charge in [-0.25, -0.2) is 18.7 Å². The lowest BCUT2D eigenvalue weighted by Gasteiger charge is -2.30. The molecule has 0 bridgehead atoms. The van der Waals surface area contributed by atoms with Gasteiger partial charge in [-0.15, -0.1) is 0 Å². The van der Waals surface area contributed by atoms with Crippen molar-refractivity contribution in [3.8, 4) is 22.6 Å². The topological polar surface area (TPSA) is 117 Å². The first-order valence-corrected chi connectivity index (χ1v) is 17.7. The van der Waals surface area contributed by atoms with Crippen LogP contribution in [0.5, 0.6) is 5.75 Å². The number of allylic oxidation sites excluding steroid dienone is 3. The maximum atomic E-state index is 14.6. The van der Waals surface area contributed by atoms with Gasteiger partial charge in [0.05, 0.1) is 30.5 Å². The maximum absolute atomic E-state index is 14.6. The lowest BCUT2D eigenvalue weighted by Crippen LogP contribution is -2.45. The average molecular weight is 692 g/mol. The van der Waals surface area contributed by atoms with Gasteiger partial charge in [-0.05, 0) is 91.8 Å². The quantitative estimate of drug-likeness (QED) is 0.246. The first-order valence-electron chi connectivity index (χ1n) is 17.7. The van der Waals surface area contributed by atoms with Crippen LogP contribution in [0.3, 0.4) is 0 Å². The van der Waals surface area contributed by atoms with Crippen molar-refractivity contribution >= 4 is 11.0 Å². The lowest BCUT2D eigenvalue weighted by molar-refractivity contribution is 0.0342. The summed E-state index contributed by atoms with van der Waals surface area (Å²) >= 11 is 0. The van der Waals surface area contributed by atoms with Gasteiger partial charge in [0.1, 0.15) is 17.7 Å². The molecule has 1 saturated heterocycles. The molecule has 0 radical (unpaired) electrons. The second-order valence-electron chi connectivity index (χ2n) is 13.8. The van der Waals surface area contributed by atoms with Gasteiger partial charge in [0.15, 0.2) is 5.65 Å². The molecular weight excluding hydrogens is 649 g/mol. The SMILES string of the molecule is CC1=CC=CC2NC(CN[C@H]3CC[C@@H](n4c(=O)c5cc(F)cnc5n(-c5cccc(-c6ccc(O)cc6CN6CCOCC6)c5)c4=O)CC3)=CN12. The minimum atomic E-state index is -0.637. The summed E-state index contributed by atoms with van der Waals surface area (Å²) in [5.41, 5.74) is 4.62. The number of aromatic nitrogens is 3. The molecule has 0 spiro atoms. The van der Waals surface area contributed by atoms with Crippen molar-refractivity contribution in [2.24, 2.45) is 0 Å². The predicted molar refractivity (Wildman–Crippen MR) is 194 cm³/mol. The van der Waals surface area contributed by atoms with E-state index in [0.717, 1.165) is 54.5 Å². The molecule has 1 atom stereocenters. The van der Waals surface area contributed by atoms with Crippen LogP contribution < -0.4 is 21.9 Å². The van der Waals surface area contributed by atoms with Crippen molar-refractivity contribution in [2.75, 3.05) is 32.8 Å². The van der Waals surface area contributed by atoms with Gasteiger partial charge in [-0.1, -0.05) is 24.3 Å². The minimum absolute atomic E-state index is 0.0620. The van der Waals surface area contributed by atoms with E-state index in [2.05, 4.69) is 56.8 Å². The third-order valence-electron chi connectivity index (χ3n) is 10.5. The molecule has 4 aliphatic rings. The van der Waals surface area contributed by atoms with Crippen molar-refractivity contribution in [1.29, 1.82) is 0 Å². The van der Waals surface area contributed by atoms with E-state index in [-0.39, 0.29) is 35.0 Å². The van der Waals surface area contributed by atoms with Crippen molar-refractivity contribution in [3.63, 3.8) is 0 Å². The summed E-state index contributed by atoms with van der Waals surface area (Å²) in [6.45, 7) is 6.32. The second-order valence-corrected chi connectivity index (χ2v) is 13.8. The molecule has 1 aliphatic carbocycles. The van der Waals surface area contributed by atoms with Crippen LogP contribution in [0.4, 0.5) is 4.39 Å². The second kappa shape index (κ2) is 13.9. The molecule has 51 heavy (non-hydrogen) atoms.